The van der Waals surface area contributed by atoms with Crippen LogP contribution in [0.5, 0.6) is 0 Å². The van der Waals surface area contributed by atoms with Gasteiger partial charge < -0.3 is 10.6 Å². The molecule has 0 radical (unpaired) electrons. The van der Waals surface area contributed by atoms with Gasteiger partial charge in [-0.05, 0) is 73.1 Å². The van der Waals surface area contributed by atoms with E-state index in [0.717, 1.165) is 30.5 Å². The smallest absolute Gasteiger partial charge is 0.370 e. The number of aliphatic imine (C=N–C) groups is 1. The molecule has 2 aromatic carbocycles. The van der Waals surface area contributed by atoms with Gasteiger partial charge in [-0.2, -0.15) is 13.2 Å². The molecule has 1 aliphatic heterocycles. The predicted octanol–water partition coefficient (Wildman–Crippen LogP) is 7.99. The van der Waals surface area contributed by atoms with Gasteiger partial charge in [0.2, 0.25) is 0 Å². The Morgan fingerprint density at radius 2 is 1.79 bits per heavy atom. The lowest BCUT2D eigenvalue weighted by molar-refractivity contribution is -0.138. The van der Waals surface area contributed by atoms with Crippen LogP contribution in [0.15, 0.2) is 53.5 Å². The fourth-order valence-corrected chi connectivity index (χ4v) is 5.19. The molecule has 0 saturated carbocycles. The number of nitrogens with zero attached hydrogens (tertiary/aromatic N) is 2. The van der Waals surface area contributed by atoms with Gasteiger partial charge in [-0.25, -0.2) is 0 Å². The average molecular weight is 541 g/mol. The van der Waals surface area contributed by atoms with Gasteiger partial charge in [-0.15, -0.1) is 0 Å². The van der Waals surface area contributed by atoms with Crippen molar-refractivity contribution in [3.63, 3.8) is 0 Å². The zero-order valence-electron chi connectivity index (χ0n) is 24.1. The summed E-state index contributed by atoms with van der Waals surface area (Å²) in [5, 5.41) is 7.97. The van der Waals surface area contributed by atoms with Crippen LogP contribution >= 0.6 is 0 Å². The Hall–Kier alpha value is -3.09. The molecule has 39 heavy (non-hydrogen) atoms. The molecule has 1 fully saturated rings. The van der Waals surface area contributed by atoms with Crippen molar-refractivity contribution in [2.75, 3.05) is 6.54 Å². The number of hydrogen-bond donors (Lipinski definition) is 2. The Kier molecular flexibility index (Phi) is 9.68. The lowest BCUT2D eigenvalue weighted by Gasteiger charge is -2.29. The van der Waals surface area contributed by atoms with E-state index in [-0.39, 0.29) is 28.9 Å². The van der Waals surface area contributed by atoms with E-state index < -0.39 is 11.7 Å². The summed E-state index contributed by atoms with van der Waals surface area (Å²) < 4.78 is 42.7. The maximum Gasteiger partial charge on any atom is 0.416 e. The SMILES string of the molecule is C/C=C(\N=C(C(C)CC)C1CCCN1C(=N)N)c1ccc(CCc2ccc(C(C)(C)C)cc2)c(C(F)(F)F)c1. The van der Waals surface area contributed by atoms with Gasteiger partial charge in [-0.3, -0.25) is 10.4 Å². The number of hydrogen-bond acceptors (Lipinski definition) is 2. The lowest BCUT2D eigenvalue weighted by atomic mass is 9.86. The van der Waals surface area contributed by atoms with E-state index in [1.54, 1.807) is 25.1 Å². The summed E-state index contributed by atoms with van der Waals surface area (Å²) in [7, 11) is 0. The molecule has 1 aliphatic rings. The highest BCUT2D eigenvalue weighted by Crippen LogP contribution is 2.35. The van der Waals surface area contributed by atoms with Gasteiger partial charge in [0.25, 0.3) is 0 Å². The van der Waals surface area contributed by atoms with Gasteiger partial charge in [0.1, 0.15) is 0 Å². The molecule has 7 heteroatoms. The largest absolute Gasteiger partial charge is 0.416 e. The van der Waals surface area contributed by atoms with Crippen molar-refractivity contribution < 1.29 is 13.2 Å². The Morgan fingerprint density at radius 3 is 2.33 bits per heavy atom. The van der Waals surface area contributed by atoms with E-state index in [1.807, 2.05) is 17.0 Å². The zero-order valence-corrected chi connectivity index (χ0v) is 24.1. The van der Waals surface area contributed by atoms with Crippen LogP contribution in [-0.2, 0) is 24.4 Å². The first-order chi connectivity index (χ1) is 18.3. The summed E-state index contributed by atoms with van der Waals surface area (Å²) in [6, 6.07) is 12.6. The third-order valence-corrected chi connectivity index (χ3v) is 7.76. The maximum atomic E-state index is 14.2. The quantitative estimate of drug-likeness (QED) is 0.263. The number of guanidine groups is 1. The van der Waals surface area contributed by atoms with E-state index in [4.69, 9.17) is 16.1 Å². The van der Waals surface area contributed by atoms with Crippen LogP contribution in [0.25, 0.3) is 5.70 Å². The summed E-state index contributed by atoms with van der Waals surface area (Å²) >= 11 is 0. The molecule has 2 atom stereocenters. The first-order valence-corrected chi connectivity index (χ1v) is 13.9. The van der Waals surface area contributed by atoms with E-state index in [1.165, 1.54) is 11.6 Å². The Morgan fingerprint density at radius 1 is 1.13 bits per heavy atom. The molecule has 2 aromatic rings. The monoisotopic (exact) mass is 540 g/mol. The molecule has 3 N–H and O–H groups in total. The van der Waals surface area contributed by atoms with Crippen LogP contribution in [0.2, 0.25) is 0 Å². The second kappa shape index (κ2) is 12.4. The van der Waals surface area contributed by atoms with E-state index in [9.17, 15) is 13.2 Å². The van der Waals surface area contributed by atoms with Crippen LogP contribution in [0, 0.1) is 11.3 Å². The van der Waals surface area contributed by atoms with Crippen molar-refractivity contribution in [2.45, 2.75) is 91.3 Å². The van der Waals surface area contributed by atoms with E-state index in [2.05, 4.69) is 46.8 Å². The van der Waals surface area contributed by atoms with Gasteiger partial charge in [0.05, 0.1) is 17.3 Å². The Labute approximate surface area is 231 Å². The van der Waals surface area contributed by atoms with Crippen molar-refractivity contribution in [1.29, 1.82) is 5.41 Å². The topological polar surface area (TPSA) is 65.5 Å². The molecular weight excluding hydrogens is 497 g/mol. The molecule has 0 amide bonds. The van der Waals surface area contributed by atoms with Crippen molar-refractivity contribution in [3.8, 4) is 0 Å². The predicted molar refractivity (Wildman–Crippen MR) is 156 cm³/mol. The maximum absolute atomic E-state index is 14.2. The number of likely N-dealkylation sites (tertiary alicyclic amines) is 1. The summed E-state index contributed by atoms with van der Waals surface area (Å²) in [5.74, 6) is 0.114. The summed E-state index contributed by atoms with van der Waals surface area (Å²) in [5.41, 5.74) is 9.58. The standard InChI is InChI=1S/C32H43F3N4/c1-7-21(3)29(28-10-9-19-39(28)30(36)37)38-27(8-2)24-16-15-23(26(20-24)32(33,34)35)14-11-22-12-17-25(18-13-22)31(4,5)6/h8,12-13,15-18,20-21,28H,7,9-11,14,19H2,1-6H3,(H3,36,37)/b27-8-,38-29?. The van der Waals surface area contributed by atoms with E-state index >= 15 is 0 Å². The highest BCUT2D eigenvalue weighted by Gasteiger charge is 2.35. The van der Waals surface area contributed by atoms with Gasteiger partial charge >= 0.3 is 6.18 Å². The Balaban J connectivity index is 1.93. The summed E-state index contributed by atoms with van der Waals surface area (Å²) in [4.78, 5) is 6.78. The third-order valence-electron chi connectivity index (χ3n) is 7.76. The minimum Gasteiger partial charge on any atom is -0.370 e. The number of alkyl halides is 3. The van der Waals surface area contributed by atoms with Crippen molar-refractivity contribution in [3.05, 3.63) is 76.4 Å². The molecule has 0 bridgehead atoms. The molecular formula is C32H43F3N4. The van der Waals surface area contributed by atoms with Crippen LogP contribution < -0.4 is 5.73 Å². The summed E-state index contributed by atoms with van der Waals surface area (Å²) in [6.07, 6.45) is 0.678. The van der Waals surface area contributed by atoms with Crippen molar-refractivity contribution in [2.24, 2.45) is 16.6 Å². The van der Waals surface area contributed by atoms with Gasteiger partial charge in [-0.1, -0.05) is 77.1 Å². The molecule has 0 aromatic heterocycles. The van der Waals surface area contributed by atoms with Gasteiger partial charge in [0, 0.05) is 17.8 Å². The van der Waals surface area contributed by atoms with Gasteiger partial charge in [0.15, 0.2) is 5.96 Å². The number of rotatable bonds is 8. The van der Waals surface area contributed by atoms with Crippen LogP contribution in [-0.4, -0.2) is 29.2 Å². The van der Waals surface area contributed by atoms with Crippen LogP contribution in [0.1, 0.15) is 88.6 Å². The molecule has 0 aliphatic carbocycles. The molecule has 1 heterocycles. The highest BCUT2D eigenvalue weighted by molar-refractivity contribution is 5.98. The second-order valence-corrected chi connectivity index (χ2v) is 11.6. The summed E-state index contributed by atoms with van der Waals surface area (Å²) in [6.45, 7) is 13.0. The number of allylic oxidation sites excluding steroid dienone is 1. The molecule has 212 valence electrons. The number of benzene rings is 2. The number of halogens is 3. The third kappa shape index (κ3) is 7.52. The fraction of sp³-hybridized carbons (Fsp3) is 0.500. The van der Waals surface area contributed by atoms with E-state index in [0.29, 0.717) is 30.6 Å². The highest BCUT2D eigenvalue weighted by atomic mass is 19.4. The molecule has 3 rings (SSSR count). The molecule has 2 unspecified atom stereocenters. The first kappa shape index (κ1) is 30.5. The molecule has 0 spiro atoms. The number of aryl methyl sites for hydroxylation is 2. The van der Waals surface area contributed by atoms with Crippen LogP contribution in [0.3, 0.4) is 0 Å². The minimum absolute atomic E-state index is 0.00675. The number of nitrogens with two attached hydrogens (primary N) is 1. The van der Waals surface area contributed by atoms with Crippen molar-refractivity contribution in [1.82, 2.24) is 4.90 Å². The number of nitrogens with one attached hydrogen (secondary N) is 1. The normalized spacial score (nSPS) is 18.0. The zero-order chi connectivity index (χ0) is 29.0. The average Bonchev–Trinajstić information content (AvgIpc) is 3.37. The Bertz CT molecular complexity index is 1200. The molecule has 4 nitrogen and oxygen atoms in total. The first-order valence-electron chi connectivity index (χ1n) is 13.9. The fourth-order valence-electron chi connectivity index (χ4n) is 5.19. The second-order valence-electron chi connectivity index (χ2n) is 11.6. The van der Waals surface area contributed by atoms with Crippen molar-refractivity contribution >= 4 is 17.4 Å². The molecule has 1 saturated heterocycles. The lowest BCUT2D eigenvalue weighted by Crippen LogP contribution is -2.45. The van der Waals surface area contributed by atoms with Crippen LogP contribution in [0.4, 0.5) is 13.2 Å². The minimum atomic E-state index is -4.47.